The predicted octanol–water partition coefficient (Wildman–Crippen LogP) is 5.29. The number of carbonyl (C=O) groups is 1. The molecule has 3 rings (SSSR count). The summed E-state index contributed by atoms with van der Waals surface area (Å²) in [5.74, 6) is 0.640. The molecule has 1 N–H and O–H groups in total. The summed E-state index contributed by atoms with van der Waals surface area (Å²) in [5, 5.41) is 5.94. The number of hydrogen-bond donors (Lipinski definition) is 1. The lowest BCUT2D eigenvalue weighted by atomic mass is 10.1. The summed E-state index contributed by atoms with van der Waals surface area (Å²) in [4.78, 5) is 16.5. The van der Waals surface area contributed by atoms with Gasteiger partial charge in [0.1, 0.15) is 12.4 Å². The molecule has 0 radical (unpaired) electrons. The molecule has 0 bridgehead atoms. The predicted molar refractivity (Wildman–Crippen MR) is 125 cm³/mol. The van der Waals surface area contributed by atoms with Gasteiger partial charge in [-0.25, -0.2) is 4.98 Å². The third-order valence-corrected chi connectivity index (χ3v) is 5.26. The van der Waals surface area contributed by atoms with Crippen molar-refractivity contribution in [2.75, 3.05) is 0 Å². The second-order valence-corrected chi connectivity index (χ2v) is 8.51. The Bertz CT molecular complexity index is 992. The maximum atomic E-state index is 12.1. The van der Waals surface area contributed by atoms with Gasteiger partial charge in [0.05, 0.1) is 23.4 Å². The largest absolute Gasteiger partial charge is 0.487 e. The van der Waals surface area contributed by atoms with E-state index in [1.165, 1.54) is 0 Å². The number of benzene rings is 2. The Morgan fingerprint density at radius 3 is 2.42 bits per heavy atom. The lowest BCUT2D eigenvalue weighted by Gasteiger charge is -2.08. The van der Waals surface area contributed by atoms with Crippen molar-refractivity contribution in [2.45, 2.75) is 46.6 Å². The van der Waals surface area contributed by atoms with Crippen LogP contribution in [-0.4, -0.2) is 17.0 Å². The topological polar surface area (TPSA) is 60.5 Å². The molecule has 1 aromatic heterocycles. The van der Waals surface area contributed by atoms with Crippen LogP contribution >= 0.6 is 11.3 Å². The van der Waals surface area contributed by atoms with Crippen LogP contribution in [0.25, 0.3) is 6.08 Å². The van der Waals surface area contributed by atoms with Gasteiger partial charge in [0.15, 0.2) is 0 Å². The van der Waals surface area contributed by atoms with Gasteiger partial charge in [-0.3, -0.25) is 4.79 Å². The van der Waals surface area contributed by atoms with Crippen LogP contribution in [0.4, 0.5) is 0 Å². The summed E-state index contributed by atoms with van der Waals surface area (Å²) < 4.78 is 11.3. The van der Waals surface area contributed by atoms with Crippen molar-refractivity contribution < 1.29 is 14.3 Å². The molecule has 1 amide bonds. The minimum Gasteiger partial charge on any atom is -0.487 e. The molecule has 31 heavy (non-hydrogen) atoms. The van der Waals surface area contributed by atoms with Gasteiger partial charge in [0, 0.05) is 18.0 Å². The van der Waals surface area contributed by atoms with E-state index in [4.69, 9.17) is 9.47 Å². The van der Waals surface area contributed by atoms with Crippen LogP contribution in [0.3, 0.4) is 0 Å². The monoisotopic (exact) mass is 436 g/mol. The van der Waals surface area contributed by atoms with Crippen molar-refractivity contribution in [2.24, 2.45) is 0 Å². The van der Waals surface area contributed by atoms with E-state index in [1.807, 2.05) is 74.7 Å². The third kappa shape index (κ3) is 8.00. The molecule has 0 aliphatic heterocycles. The Balaban J connectivity index is 1.42. The lowest BCUT2D eigenvalue weighted by molar-refractivity contribution is -0.116. The fraction of sp³-hybridized carbons (Fsp3) is 0.280. The van der Waals surface area contributed by atoms with Crippen LogP contribution in [0, 0.1) is 6.92 Å². The normalized spacial score (nSPS) is 11.2. The van der Waals surface area contributed by atoms with Crippen LogP contribution in [0.2, 0.25) is 0 Å². The quantitative estimate of drug-likeness (QED) is 0.439. The molecule has 2 aromatic carbocycles. The average Bonchev–Trinajstić information content (AvgIpc) is 3.20. The van der Waals surface area contributed by atoms with Gasteiger partial charge in [-0.05, 0) is 55.7 Å². The molecule has 3 aromatic rings. The Morgan fingerprint density at radius 1 is 1.06 bits per heavy atom. The maximum Gasteiger partial charge on any atom is 0.244 e. The number of nitrogens with one attached hydrogen (secondary N) is 1. The molecule has 0 unspecified atom stereocenters. The van der Waals surface area contributed by atoms with Crippen LogP contribution in [0.5, 0.6) is 5.75 Å². The van der Waals surface area contributed by atoms with Gasteiger partial charge >= 0.3 is 0 Å². The highest BCUT2D eigenvalue weighted by atomic mass is 32.1. The number of aromatic nitrogens is 1. The third-order valence-electron chi connectivity index (χ3n) is 4.43. The molecule has 0 saturated heterocycles. The zero-order valence-electron chi connectivity index (χ0n) is 18.1. The van der Waals surface area contributed by atoms with Gasteiger partial charge < -0.3 is 14.8 Å². The highest BCUT2D eigenvalue weighted by molar-refractivity contribution is 7.09. The molecule has 0 aliphatic rings. The van der Waals surface area contributed by atoms with Crippen molar-refractivity contribution in [3.05, 3.63) is 87.4 Å². The van der Waals surface area contributed by atoms with Gasteiger partial charge in [-0.15, -0.1) is 11.3 Å². The summed E-state index contributed by atoms with van der Waals surface area (Å²) in [5.41, 5.74) is 4.04. The molecule has 0 spiro atoms. The number of nitrogens with zero attached hydrogens (tertiary/aromatic N) is 1. The van der Waals surface area contributed by atoms with Crippen molar-refractivity contribution >= 4 is 23.3 Å². The summed E-state index contributed by atoms with van der Waals surface area (Å²) in [6, 6.07) is 15.7. The molecule has 0 aliphatic carbocycles. The molecule has 0 saturated carbocycles. The van der Waals surface area contributed by atoms with E-state index in [-0.39, 0.29) is 12.0 Å². The number of rotatable bonds is 10. The molecular weight excluding hydrogens is 408 g/mol. The van der Waals surface area contributed by atoms with E-state index >= 15 is 0 Å². The molecular formula is C25H28N2O3S. The Kier molecular flexibility index (Phi) is 8.38. The van der Waals surface area contributed by atoms with Gasteiger partial charge in [0.25, 0.3) is 0 Å². The molecule has 0 atom stereocenters. The fourth-order valence-electron chi connectivity index (χ4n) is 2.74. The van der Waals surface area contributed by atoms with Crippen LogP contribution < -0.4 is 10.1 Å². The highest BCUT2D eigenvalue weighted by Gasteiger charge is 2.02. The van der Waals surface area contributed by atoms with E-state index in [9.17, 15) is 4.79 Å². The zero-order chi connectivity index (χ0) is 22.1. The first-order valence-electron chi connectivity index (χ1n) is 10.3. The molecule has 162 valence electrons. The molecule has 1 heterocycles. The van der Waals surface area contributed by atoms with Crippen molar-refractivity contribution in [3.8, 4) is 5.75 Å². The Hall–Kier alpha value is -2.96. The minimum atomic E-state index is -0.133. The van der Waals surface area contributed by atoms with Crippen molar-refractivity contribution in [3.63, 3.8) is 0 Å². The number of hydrogen-bond acceptors (Lipinski definition) is 5. The first kappa shape index (κ1) is 22.7. The Labute approximate surface area is 187 Å². The second kappa shape index (κ2) is 11.4. The van der Waals surface area contributed by atoms with Gasteiger partial charge in [-0.2, -0.15) is 0 Å². The first-order valence-corrected chi connectivity index (χ1v) is 11.1. The number of ether oxygens (including phenoxy) is 2. The summed E-state index contributed by atoms with van der Waals surface area (Å²) in [7, 11) is 0. The number of carbonyl (C=O) groups excluding carboxylic acids is 1. The fourth-order valence-corrected chi connectivity index (χ4v) is 3.34. The van der Waals surface area contributed by atoms with Crippen LogP contribution in [0.15, 0.2) is 60.0 Å². The molecule has 5 nitrogen and oxygen atoms in total. The number of thiazole rings is 1. The van der Waals surface area contributed by atoms with E-state index in [1.54, 1.807) is 23.5 Å². The van der Waals surface area contributed by atoms with Crippen LogP contribution in [0.1, 0.15) is 41.2 Å². The smallest absolute Gasteiger partial charge is 0.244 e. The van der Waals surface area contributed by atoms with E-state index < -0.39 is 0 Å². The van der Waals surface area contributed by atoms with E-state index in [0.717, 1.165) is 33.1 Å². The summed E-state index contributed by atoms with van der Waals surface area (Å²) in [6.07, 6.45) is 3.54. The molecule has 6 heteroatoms. The van der Waals surface area contributed by atoms with Crippen molar-refractivity contribution in [1.82, 2.24) is 10.3 Å². The van der Waals surface area contributed by atoms with E-state index in [2.05, 4.69) is 10.3 Å². The maximum absolute atomic E-state index is 12.1. The number of aryl methyl sites for hydroxylation is 1. The summed E-state index contributed by atoms with van der Waals surface area (Å²) >= 11 is 1.61. The highest BCUT2D eigenvalue weighted by Crippen LogP contribution is 2.16. The Morgan fingerprint density at radius 2 is 1.77 bits per heavy atom. The average molecular weight is 437 g/mol. The van der Waals surface area contributed by atoms with Gasteiger partial charge in [-0.1, -0.05) is 36.4 Å². The second-order valence-electron chi connectivity index (χ2n) is 7.44. The lowest BCUT2D eigenvalue weighted by Crippen LogP contribution is -2.20. The van der Waals surface area contributed by atoms with Crippen molar-refractivity contribution in [1.29, 1.82) is 0 Å². The first-order chi connectivity index (χ1) is 15.0. The summed E-state index contributed by atoms with van der Waals surface area (Å²) in [6.45, 7) is 7.55. The minimum absolute atomic E-state index is 0.133. The molecule has 0 fully saturated rings. The van der Waals surface area contributed by atoms with Gasteiger partial charge in [0.2, 0.25) is 5.91 Å². The van der Waals surface area contributed by atoms with E-state index in [0.29, 0.717) is 19.8 Å². The SMILES string of the molecule is Cc1nc(COc2ccc(/C=C/C(=O)NCc3ccc(COC(C)C)cc3)cc2)cs1. The standard InChI is InChI=1S/C25H28N2O3S/c1-18(2)29-15-22-6-4-21(5-7-22)14-26-25(28)13-10-20-8-11-24(12-9-20)30-16-23-17-31-19(3)27-23/h4-13,17-18H,14-16H2,1-3H3,(H,26,28)/b13-10+. The number of amides is 1. The van der Waals surface area contributed by atoms with Crippen LogP contribution in [-0.2, 0) is 29.3 Å². The zero-order valence-corrected chi connectivity index (χ0v) is 18.9.